The average molecular weight is 883 g/mol. The Labute approximate surface area is 365 Å². The molecule has 0 fully saturated rings. The first-order valence-electron chi connectivity index (χ1n) is 21.6. The van der Waals surface area contributed by atoms with Crippen LogP contribution in [-0.4, -0.2) is 118 Å². The molecule has 0 spiro atoms. The van der Waals surface area contributed by atoms with Crippen molar-refractivity contribution in [2.45, 2.75) is 150 Å². The van der Waals surface area contributed by atoms with Gasteiger partial charge in [0.2, 0.25) is 0 Å². The summed E-state index contributed by atoms with van der Waals surface area (Å²) in [6, 6.07) is -1.80. The third-order valence-electron chi connectivity index (χ3n) is 15.9. The topological polar surface area (TPSA) is 311 Å². The molecule has 63 heavy (non-hydrogen) atoms. The fourth-order valence-corrected chi connectivity index (χ4v) is 12.4. The summed E-state index contributed by atoms with van der Waals surface area (Å²) in [6.45, 7) is 14.2. The molecule has 18 nitrogen and oxygen atoms in total. The molecule has 0 saturated carbocycles. The number of rotatable bonds is 18. The molecule has 8 bridgehead atoms. The summed E-state index contributed by atoms with van der Waals surface area (Å²) in [7, 11) is 0. The predicted molar refractivity (Wildman–Crippen MR) is 229 cm³/mol. The molecule has 18 heteroatoms. The van der Waals surface area contributed by atoms with E-state index >= 15 is 0 Å². The van der Waals surface area contributed by atoms with Gasteiger partial charge in [0.05, 0.1) is 42.6 Å². The van der Waals surface area contributed by atoms with Gasteiger partial charge < -0.3 is 35.7 Å². The molecule has 5 aliphatic heterocycles. The maximum absolute atomic E-state index is 13.1. The van der Waals surface area contributed by atoms with Gasteiger partial charge in [0.1, 0.15) is 0 Å². The van der Waals surface area contributed by atoms with Gasteiger partial charge in [0.15, 0.2) is 0 Å². The zero-order valence-corrected chi connectivity index (χ0v) is 37.3. The van der Waals surface area contributed by atoms with Crippen LogP contribution >= 0.6 is 0 Å². The van der Waals surface area contributed by atoms with Crippen LogP contribution in [0.25, 0.3) is 0 Å². The monoisotopic (exact) mass is 882 g/mol. The Morgan fingerprint density at radius 2 is 1.17 bits per heavy atom. The number of carbonyl (C=O) groups is 7. The summed E-state index contributed by atoms with van der Waals surface area (Å²) in [5, 5.41) is 71.7. The van der Waals surface area contributed by atoms with Gasteiger partial charge in [-0.2, -0.15) is 0 Å². The number of fused-ring (bicyclic) bond motifs is 5. The second-order valence-corrected chi connectivity index (χ2v) is 19.9. The van der Waals surface area contributed by atoms with Gasteiger partial charge in [-0.15, -0.1) is 0 Å². The number of carboxylic acid groups (broad SMARTS) is 7. The van der Waals surface area contributed by atoms with Crippen molar-refractivity contribution in [1.29, 1.82) is 0 Å². The van der Waals surface area contributed by atoms with E-state index in [9.17, 15) is 69.3 Å². The predicted octanol–water partition coefficient (Wildman–Crippen LogP) is 6.01. The maximum Gasteiger partial charge on any atom is 0.304 e. The van der Waals surface area contributed by atoms with E-state index in [4.69, 9.17) is 20.0 Å². The van der Waals surface area contributed by atoms with Crippen molar-refractivity contribution in [3.8, 4) is 0 Å². The molecule has 5 rings (SSSR count). The minimum absolute atomic E-state index is 0.00818. The van der Waals surface area contributed by atoms with Gasteiger partial charge in [-0.1, -0.05) is 41.5 Å². The summed E-state index contributed by atoms with van der Waals surface area (Å²) in [6.07, 6.45) is -2.90. The zero-order valence-electron chi connectivity index (χ0n) is 37.3. The molecule has 0 saturated heterocycles. The van der Waals surface area contributed by atoms with E-state index in [-0.39, 0.29) is 62.8 Å². The molecule has 346 valence electrons. The van der Waals surface area contributed by atoms with Gasteiger partial charge in [-0.05, 0) is 51.0 Å². The number of nitrogens with zero attached hydrogens (tertiary/aromatic N) is 4. The van der Waals surface area contributed by atoms with Crippen LogP contribution in [-0.2, 0) is 33.6 Å². The van der Waals surface area contributed by atoms with Crippen molar-refractivity contribution >= 4 is 64.6 Å². The van der Waals surface area contributed by atoms with E-state index in [1.54, 1.807) is 34.6 Å². The van der Waals surface area contributed by atoms with Crippen molar-refractivity contribution in [1.82, 2.24) is 0 Å². The van der Waals surface area contributed by atoms with Gasteiger partial charge in [-0.3, -0.25) is 53.5 Å². The molecule has 0 aliphatic carbocycles. The fourth-order valence-electron chi connectivity index (χ4n) is 12.4. The first kappa shape index (κ1) is 48.7. The highest BCUT2D eigenvalue weighted by Gasteiger charge is 2.67. The molecule has 5 heterocycles. The van der Waals surface area contributed by atoms with E-state index in [0.29, 0.717) is 22.7 Å². The minimum atomic E-state index is -1.61. The number of hydrogen-bond donors (Lipinski definition) is 7. The standard InChI is InChI=1S/C45H62N4O14/c1-21-36-24(10-13-30(52)53)41(3,4)28(47-36)18-27-23(9-12-29(50)51)43(6,19-34(60)61)39(46-27)22(2)37-25(11-14-31(54)55)44(7,20-35(62)63)45(8,49-37)40-26(17-33(58)59)42(5,38(21)48-40)16-15-32(56)57/h21,23-26,36,40H,9-20H2,1-8H3,(H,50,51)(H,52,53)(H,54,55)(H,56,57)(H,58,59)(H,60,61)(H,62,63)/b39-22-. The normalized spacial score (nSPS) is 36.6. The average Bonchev–Trinajstić information content (AvgIpc) is 3.75. The summed E-state index contributed by atoms with van der Waals surface area (Å²) in [5.74, 6) is -11.9. The number of aliphatic imine (C=N–C) groups is 4. The highest BCUT2D eigenvalue weighted by molar-refractivity contribution is 6.12. The van der Waals surface area contributed by atoms with E-state index in [1.165, 1.54) is 0 Å². The van der Waals surface area contributed by atoms with Crippen molar-refractivity contribution in [2.75, 3.05) is 0 Å². The molecule has 0 amide bonds. The van der Waals surface area contributed by atoms with E-state index < -0.39 is 136 Å². The molecule has 0 radical (unpaired) electrons. The van der Waals surface area contributed by atoms with Crippen LogP contribution in [0.3, 0.4) is 0 Å². The molecule has 0 aromatic rings. The first-order chi connectivity index (χ1) is 29.0. The Kier molecular flexibility index (Phi) is 13.4. The second kappa shape index (κ2) is 17.4. The molecule has 11 atom stereocenters. The summed E-state index contributed by atoms with van der Waals surface area (Å²) >= 11 is 0. The third-order valence-corrected chi connectivity index (χ3v) is 15.9. The van der Waals surface area contributed by atoms with Gasteiger partial charge in [0.25, 0.3) is 0 Å². The fraction of sp³-hybridized carbons (Fsp3) is 0.711. The first-order valence-corrected chi connectivity index (χ1v) is 21.6. The van der Waals surface area contributed by atoms with Crippen molar-refractivity contribution < 1.29 is 69.3 Å². The Morgan fingerprint density at radius 3 is 1.70 bits per heavy atom. The SMILES string of the molecule is C/C1=C2/N=C(CC3=NC(C(C)C4=NC(C(CC(=O)O)C4(C)CCC(=O)O)C4(C)N=C1C(CCC(=O)O)C4(C)CC(=O)O)C(CCC(=O)O)C3(C)C)C(CCC(=O)O)C2(C)CC(=O)O. The van der Waals surface area contributed by atoms with Crippen LogP contribution in [0.1, 0.15) is 132 Å². The molecule has 5 aliphatic rings. The van der Waals surface area contributed by atoms with Crippen LogP contribution in [0.4, 0.5) is 0 Å². The van der Waals surface area contributed by atoms with Gasteiger partial charge in [-0.25, -0.2) is 0 Å². The minimum Gasteiger partial charge on any atom is -0.481 e. The Balaban J connectivity index is 1.97. The molecular weight excluding hydrogens is 821 g/mol. The Hall–Kier alpha value is -5.29. The Bertz CT molecular complexity index is 2140. The van der Waals surface area contributed by atoms with Crippen LogP contribution in [0.5, 0.6) is 0 Å². The highest BCUT2D eigenvalue weighted by atomic mass is 16.4. The van der Waals surface area contributed by atoms with Crippen molar-refractivity contribution in [3.05, 3.63) is 11.3 Å². The third kappa shape index (κ3) is 8.70. The zero-order chi connectivity index (χ0) is 47.4. The number of aliphatic carboxylic acids is 7. The maximum atomic E-state index is 13.1. The summed E-state index contributed by atoms with van der Waals surface area (Å²) < 4.78 is 0. The second-order valence-electron chi connectivity index (χ2n) is 19.9. The molecule has 0 aromatic heterocycles. The van der Waals surface area contributed by atoms with E-state index in [0.717, 1.165) is 0 Å². The van der Waals surface area contributed by atoms with Crippen LogP contribution in [0.15, 0.2) is 31.2 Å². The van der Waals surface area contributed by atoms with E-state index in [1.807, 2.05) is 20.8 Å². The van der Waals surface area contributed by atoms with Crippen molar-refractivity contribution in [2.24, 2.45) is 71.2 Å². The lowest BCUT2D eigenvalue weighted by Crippen LogP contribution is -2.55. The van der Waals surface area contributed by atoms with Crippen LogP contribution < -0.4 is 0 Å². The quantitative estimate of drug-likeness (QED) is 0.0830. The van der Waals surface area contributed by atoms with Crippen molar-refractivity contribution in [3.63, 3.8) is 0 Å². The molecule has 0 aromatic carbocycles. The largest absolute Gasteiger partial charge is 0.481 e. The number of allylic oxidation sites excluding steroid dienone is 2. The summed E-state index contributed by atoms with van der Waals surface area (Å²) in [4.78, 5) is 109. The van der Waals surface area contributed by atoms with E-state index in [2.05, 4.69) is 0 Å². The van der Waals surface area contributed by atoms with Gasteiger partial charge >= 0.3 is 41.8 Å². The lowest BCUT2D eigenvalue weighted by Gasteiger charge is -2.48. The lowest BCUT2D eigenvalue weighted by atomic mass is 9.55. The van der Waals surface area contributed by atoms with Gasteiger partial charge in [0, 0.05) is 100 Å². The smallest absolute Gasteiger partial charge is 0.304 e. The Morgan fingerprint density at radius 1 is 0.635 bits per heavy atom. The molecular formula is C45H62N4O14. The highest BCUT2D eigenvalue weighted by Crippen LogP contribution is 2.62. The summed E-state index contributed by atoms with van der Waals surface area (Å²) in [5.41, 5.74) is -4.12. The van der Waals surface area contributed by atoms with Crippen LogP contribution in [0.2, 0.25) is 0 Å². The van der Waals surface area contributed by atoms with Crippen LogP contribution in [0, 0.1) is 51.2 Å². The number of hydrogen-bond acceptors (Lipinski definition) is 11. The molecule has 7 N–H and O–H groups in total. The number of carboxylic acids is 7. The lowest BCUT2D eigenvalue weighted by molar-refractivity contribution is -0.143. The molecule has 11 unspecified atom stereocenters.